The number of aromatic nitrogens is 1. The molecule has 0 bridgehead atoms. The molecule has 0 aliphatic rings. The van der Waals surface area contributed by atoms with Crippen LogP contribution in [0.5, 0.6) is 0 Å². The normalized spacial score (nSPS) is 11.7. The smallest absolute Gasteiger partial charge is 0.194 e. The van der Waals surface area contributed by atoms with Gasteiger partial charge in [-0.3, -0.25) is 4.99 Å². The number of halogens is 1. The molecule has 0 atom stereocenters. The fourth-order valence-corrected chi connectivity index (χ4v) is 4.17. The van der Waals surface area contributed by atoms with Crippen LogP contribution in [0, 0.1) is 0 Å². The van der Waals surface area contributed by atoms with E-state index >= 15 is 0 Å². The van der Waals surface area contributed by atoms with Gasteiger partial charge in [0.2, 0.25) is 0 Å². The Balaban J connectivity index is 1.90. The number of hydrogen-bond donors (Lipinski definition) is 1. The van der Waals surface area contributed by atoms with Gasteiger partial charge in [0.05, 0.1) is 27.6 Å². The second kappa shape index (κ2) is 7.91. The van der Waals surface area contributed by atoms with Crippen LogP contribution in [0.15, 0.2) is 26.3 Å². The standard InChI is InChI=1S/C14H19BrN4S2/c1-4-13-18-10(9-20-13)7-17-14(16-2)19(3)8-11-5-6-12(15)21-11/h5-6,9H,4,7-8H2,1-3H3,(H,16,17). The first-order valence-corrected chi connectivity index (χ1v) is 9.20. The second-order valence-corrected chi connectivity index (χ2v) is 8.04. The highest BCUT2D eigenvalue weighted by molar-refractivity contribution is 9.11. The van der Waals surface area contributed by atoms with E-state index in [1.807, 2.05) is 14.1 Å². The van der Waals surface area contributed by atoms with E-state index in [0.29, 0.717) is 6.54 Å². The average Bonchev–Trinajstić information content (AvgIpc) is 3.08. The van der Waals surface area contributed by atoms with Crippen LogP contribution >= 0.6 is 38.6 Å². The van der Waals surface area contributed by atoms with E-state index in [1.165, 1.54) is 9.88 Å². The molecule has 0 unspecified atom stereocenters. The molecule has 0 radical (unpaired) electrons. The lowest BCUT2D eigenvalue weighted by Gasteiger charge is -2.21. The van der Waals surface area contributed by atoms with Crippen molar-refractivity contribution in [1.82, 2.24) is 15.2 Å². The van der Waals surface area contributed by atoms with Crippen LogP contribution in [0.4, 0.5) is 0 Å². The van der Waals surface area contributed by atoms with Crippen LogP contribution in [0.1, 0.15) is 22.5 Å². The molecular weight excluding hydrogens is 368 g/mol. The Morgan fingerprint density at radius 3 is 2.86 bits per heavy atom. The minimum Gasteiger partial charge on any atom is -0.351 e. The molecule has 0 aromatic carbocycles. The van der Waals surface area contributed by atoms with E-state index in [0.717, 1.165) is 28.4 Å². The summed E-state index contributed by atoms with van der Waals surface area (Å²) >= 11 is 6.95. The van der Waals surface area contributed by atoms with E-state index in [4.69, 9.17) is 0 Å². The highest BCUT2D eigenvalue weighted by Gasteiger charge is 2.09. The van der Waals surface area contributed by atoms with Gasteiger partial charge in [-0.1, -0.05) is 6.92 Å². The molecule has 0 aliphatic heterocycles. The number of aliphatic imine (C=N–C) groups is 1. The summed E-state index contributed by atoms with van der Waals surface area (Å²) < 4.78 is 1.16. The van der Waals surface area contributed by atoms with E-state index in [9.17, 15) is 0 Å². The molecule has 0 saturated carbocycles. The van der Waals surface area contributed by atoms with E-state index in [1.54, 1.807) is 22.7 Å². The summed E-state index contributed by atoms with van der Waals surface area (Å²) in [6, 6.07) is 4.21. The molecule has 0 spiro atoms. The van der Waals surface area contributed by atoms with Gasteiger partial charge in [0.25, 0.3) is 0 Å². The summed E-state index contributed by atoms with van der Waals surface area (Å²) in [5.41, 5.74) is 1.07. The number of hydrogen-bond acceptors (Lipinski definition) is 4. The molecule has 114 valence electrons. The molecule has 2 rings (SSSR count). The van der Waals surface area contributed by atoms with Crippen molar-refractivity contribution >= 4 is 44.6 Å². The van der Waals surface area contributed by atoms with E-state index in [-0.39, 0.29) is 0 Å². The first-order valence-electron chi connectivity index (χ1n) is 6.71. The largest absolute Gasteiger partial charge is 0.351 e. The number of guanidine groups is 1. The van der Waals surface area contributed by atoms with Crippen LogP contribution in [0.2, 0.25) is 0 Å². The lowest BCUT2D eigenvalue weighted by molar-refractivity contribution is 0.480. The summed E-state index contributed by atoms with van der Waals surface area (Å²) in [6.07, 6.45) is 0.993. The summed E-state index contributed by atoms with van der Waals surface area (Å²) in [4.78, 5) is 12.3. The first-order chi connectivity index (χ1) is 10.1. The van der Waals surface area contributed by atoms with Crippen molar-refractivity contribution < 1.29 is 0 Å². The van der Waals surface area contributed by atoms with Crippen molar-refractivity contribution in [3.63, 3.8) is 0 Å². The lowest BCUT2D eigenvalue weighted by Crippen LogP contribution is -2.37. The van der Waals surface area contributed by atoms with Gasteiger partial charge in [-0.15, -0.1) is 22.7 Å². The third-order valence-electron chi connectivity index (χ3n) is 2.92. The van der Waals surface area contributed by atoms with Gasteiger partial charge >= 0.3 is 0 Å². The Hall–Kier alpha value is -0.920. The van der Waals surface area contributed by atoms with E-state index < -0.39 is 0 Å². The maximum Gasteiger partial charge on any atom is 0.194 e. The number of rotatable bonds is 5. The summed E-state index contributed by atoms with van der Waals surface area (Å²) in [6.45, 7) is 3.68. The van der Waals surface area contributed by atoms with Crippen molar-refractivity contribution in [3.05, 3.63) is 36.9 Å². The zero-order valence-corrected chi connectivity index (χ0v) is 15.6. The number of thiophene rings is 1. The summed E-state index contributed by atoms with van der Waals surface area (Å²) in [7, 11) is 3.85. The van der Waals surface area contributed by atoms with Gasteiger partial charge in [0.15, 0.2) is 5.96 Å². The zero-order chi connectivity index (χ0) is 15.2. The number of aryl methyl sites for hydroxylation is 1. The molecule has 21 heavy (non-hydrogen) atoms. The molecule has 0 saturated heterocycles. The predicted octanol–water partition coefficient (Wildman–Crippen LogP) is 3.74. The minimum atomic E-state index is 0.710. The summed E-state index contributed by atoms with van der Waals surface area (Å²) in [5.74, 6) is 0.880. The Kier molecular flexibility index (Phi) is 6.20. The molecule has 2 aromatic heterocycles. The first kappa shape index (κ1) is 16.5. The number of nitrogens with zero attached hydrogens (tertiary/aromatic N) is 3. The van der Waals surface area contributed by atoms with Gasteiger partial charge in [-0.25, -0.2) is 4.98 Å². The maximum absolute atomic E-state index is 4.56. The van der Waals surface area contributed by atoms with E-state index in [2.05, 4.69) is 60.6 Å². The van der Waals surface area contributed by atoms with Crippen molar-refractivity contribution in [3.8, 4) is 0 Å². The topological polar surface area (TPSA) is 40.5 Å². The molecule has 0 amide bonds. The van der Waals surface area contributed by atoms with Gasteiger partial charge in [0, 0.05) is 24.4 Å². The quantitative estimate of drug-likeness (QED) is 0.628. The fraction of sp³-hybridized carbons (Fsp3) is 0.429. The Morgan fingerprint density at radius 1 is 1.48 bits per heavy atom. The lowest BCUT2D eigenvalue weighted by atomic mass is 10.4. The van der Waals surface area contributed by atoms with Gasteiger partial charge in [-0.2, -0.15) is 0 Å². The van der Waals surface area contributed by atoms with Crippen LogP contribution in [-0.4, -0.2) is 29.9 Å². The second-order valence-electron chi connectivity index (χ2n) is 4.55. The van der Waals surface area contributed by atoms with Gasteiger partial charge < -0.3 is 10.2 Å². The van der Waals surface area contributed by atoms with Gasteiger partial charge in [0.1, 0.15) is 0 Å². The third kappa shape index (κ3) is 4.79. The highest BCUT2D eigenvalue weighted by Crippen LogP contribution is 2.23. The predicted molar refractivity (Wildman–Crippen MR) is 95.2 cm³/mol. The number of thiazole rings is 1. The molecular formula is C14H19BrN4S2. The Bertz CT molecular complexity index is 606. The SMILES string of the molecule is CCc1nc(CNC(=NC)N(C)Cc2ccc(Br)s2)cs1. The Morgan fingerprint density at radius 2 is 2.29 bits per heavy atom. The molecule has 0 aliphatic carbocycles. The summed E-state index contributed by atoms with van der Waals surface area (Å²) in [5, 5.41) is 6.65. The highest BCUT2D eigenvalue weighted by atomic mass is 79.9. The van der Waals surface area contributed by atoms with Crippen LogP contribution in [0.3, 0.4) is 0 Å². The zero-order valence-electron chi connectivity index (χ0n) is 12.4. The monoisotopic (exact) mass is 386 g/mol. The molecule has 4 nitrogen and oxygen atoms in total. The molecule has 7 heteroatoms. The van der Waals surface area contributed by atoms with Crippen LogP contribution in [-0.2, 0) is 19.5 Å². The van der Waals surface area contributed by atoms with Crippen molar-refractivity contribution in [1.29, 1.82) is 0 Å². The van der Waals surface area contributed by atoms with Crippen LogP contribution in [0.25, 0.3) is 0 Å². The molecule has 0 fully saturated rings. The van der Waals surface area contributed by atoms with Crippen molar-refractivity contribution in [2.24, 2.45) is 4.99 Å². The molecule has 2 heterocycles. The molecule has 2 aromatic rings. The van der Waals surface area contributed by atoms with Crippen LogP contribution < -0.4 is 5.32 Å². The van der Waals surface area contributed by atoms with Crippen molar-refractivity contribution in [2.75, 3.05) is 14.1 Å². The maximum atomic E-state index is 4.56. The third-order valence-corrected chi connectivity index (χ3v) is 5.57. The average molecular weight is 387 g/mol. The Labute approximate surface area is 142 Å². The van der Waals surface area contributed by atoms with Gasteiger partial charge in [-0.05, 0) is 34.5 Å². The molecule has 1 N–H and O–H groups in total. The fourth-order valence-electron chi connectivity index (χ4n) is 1.89. The number of nitrogens with one attached hydrogen (secondary N) is 1. The minimum absolute atomic E-state index is 0.710. The van der Waals surface area contributed by atoms with Crippen molar-refractivity contribution in [2.45, 2.75) is 26.4 Å².